The molecule has 0 unspecified atom stereocenters. The van der Waals surface area contributed by atoms with Crippen molar-refractivity contribution in [2.24, 2.45) is 0 Å². The highest BCUT2D eigenvalue weighted by Gasteiger charge is 2.15. The lowest BCUT2D eigenvalue weighted by atomic mass is 10.1. The summed E-state index contributed by atoms with van der Waals surface area (Å²) >= 11 is 0. The number of pyridine rings is 1. The van der Waals surface area contributed by atoms with E-state index in [0.29, 0.717) is 18.8 Å². The van der Waals surface area contributed by atoms with Crippen LogP contribution in [0.2, 0.25) is 0 Å². The maximum atomic E-state index is 9.66. The third-order valence-corrected chi connectivity index (χ3v) is 2.05. The van der Waals surface area contributed by atoms with E-state index in [9.17, 15) is 5.11 Å². The molecule has 1 rings (SSSR count). The lowest BCUT2D eigenvalue weighted by Gasteiger charge is -2.25. The SMILES string of the molecule is CN(Cc1ccnc(C#N)c1)CC(C)(C)O. The Morgan fingerprint density at radius 3 is 2.81 bits per heavy atom. The number of aromatic nitrogens is 1. The molecule has 0 aliphatic rings. The topological polar surface area (TPSA) is 60.2 Å². The molecule has 0 aromatic carbocycles. The van der Waals surface area contributed by atoms with Crippen LogP contribution in [-0.4, -0.2) is 34.2 Å². The zero-order valence-corrected chi connectivity index (χ0v) is 9.94. The highest BCUT2D eigenvalue weighted by atomic mass is 16.3. The summed E-state index contributed by atoms with van der Waals surface area (Å²) in [7, 11) is 1.93. The summed E-state index contributed by atoms with van der Waals surface area (Å²) in [5, 5.41) is 18.4. The van der Waals surface area contributed by atoms with Gasteiger partial charge in [-0.1, -0.05) is 0 Å². The summed E-state index contributed by atoms with van der Waals surface area (Å²) in [5.41, 5.74) is 0.743. The van der Waals surface area contributed by atoms with Gasteiger partial charge in [0.15, 0.2) is 0 Å². The van der Waals surface area contributed by atoms with E-state index in [1.807, 2.05) is 24.1 Å². The molecule has 0 atom stereocenters. The summed E-state index contributed by atoms with van der Waals surface area (Å²) < 4.78 is 0. The Kier molecular flexibility index (Phi) is 3.99. The van der Waals surface area contributed by atoms with Crippen LogP contribution in [0.4, 0.5) is 0 Å². The van der Waals surface area contributed by atoms with Gasteiger partial charge in [-0.15, -0.1) is 0 Å². The van der Waals surface area contributed by atoms with E-state index in [-0.39, 0.29) is 0 Å². The Hall–Kier alpha value is -1.44. The molecule has 1 N–H and O–H groups in total. The first-order valence-electron chi connectivity index (χ1n) is 5.17. The van der Waals surface area contributed by atoms with Crippen molar-refractivity contribution in [3.63, 3.8) is 0 Å². The molecular formula is C12H17N3O. The fraction of sp³-hybridized carbons (Fsp3) is 0.500. The molecule has 0 aliphatic heterocycles. The molecule has 0 bridgehead atoms. The van der Waals surface area contributed by atoms with Crippen molar-refractivity contribution < 1.29 is 5.11 Å². The van der Waals surface area contributed by atoms with Gasteiger partial charge in [0.2, 0.25) is 0 Å². The second-order valence-electron chi connectivity index (χ2n) is 4.65. The molecule has 1 heterocycles. The van der Waals surface area contributed by atoms with Crippen molar-refractivity contribution in [3.8, 4) is 6.07 Å². The van der Waals surface area contributed by atoms with E-state index < -0.39 is 5.60 Å². The first-order chi connectivity index (χ1) is 7.40. The normalized spacial score (nSPS) is 11.5. The molecule has 4 heteroatoms. The third-order valence-electron chi connectivity index (χ3n) is 2.05. The molecule has 0 saturated heterocycles. The summed E-state index contributed by atoms with van der Waals surface area (Å²) in [6, 6.07) is 5.65. The van der Waals surface area contributed by atoms with Crippen LogP contribution in [0.5, 0.6) is 0 Å². The highest BCUT2D eigenvalue weighted by Crippen LogP contribution is 2.08. The molecule has 0 radical (unpaired) electrons. The monoisotopic (exact) mass is 219 g/mol. The standard InChI is InChI=1S/C12H17N3O/c1-12(2,16)9-15(3)8-10-4-5-14-11(6-10)7-13/h4-6,16H,8-9H2,1-3H3. The number of aliphatic hydroxyl groups is 1. The Bertz CT molecular complexity index is 390. The molecule has 1 aromatic rings. The van der Waals surface area contributed by atoms with Gasteiger partial charge in [0.05, 0.1) is 5.60 Å². The minimum absolute atomic E-state index is 0.425. The Balaban J connectivity index is 2.63. The van der Waals surface area contributed by atoms with Gasteiger partial charge in [0.25, 0.3) is 0 Å². The second kappa shape index (κ2) is 5.06. The van der Waals surface area contributed by atoms with Gasteiger partial charge in [0.1, 0.15) is 11.8 Å². The lowest BCUT2D eigenvalue weighted by molar-refractivity contribution is 0.0425. The Labute approximate surface area is 96.2 Å². The quantitative estimate of drug-likeness (QED) is 0.825. The van der Waals surface area contributed by atoms with Gasteiger partial charge >= 0.3 is 0 Å². The number of hydrogen-bond donors (Lipinski definition) is 1. The van der Waals surface area contributed by atoms with Crippen LogP contribution >= 0.6 is 0 Å². The van der Waals surface area contributed by atoms with Gasteiger partial charge in [-0.3, -0.25) is 4.90 Å². The van der Waals surface area contributed by atoms with Crippen LogP contribution in [0.25, 0.3) is 0 Å². The van der Waals surface area contributed by atoms with E-state index >= 15 is 0 Å². The summed E-state index contributed by atoms with van der Waals surface area (Å²) in [6.45, 7) is 4.83. The molecule has 0 aliphatic carbocycles. The van der Waals surface area contributed by atoms with Crippen molar-refractivity contribution in [1.29, 1.82) is 5.26 Å². The maximum absolute atomic E-state index is 9.66. The summed E-state index contributed by atoms with van der Waals surface area (Å²) in [6.07, 6.45) is 1.63. The fourth-order valence-corrected chi connectivity index (χ4v) is 1.66. The molecule has 0 amide bonds. The van der Waals surface area contributed by atoms with Gasteiger partial charge in [0, 0.05) is 19.3 Å². The fourth-order valence-electron chi connectivity index (χ4n) is 1.66. The van der Waals surface area contributed by atoms with Crippen molar-refractivity contribution in [1.82, 2.24) is 9.88 Å². The van der Waals surface area contributed by atoms with E-state index in [1.165, 1.54) is 0 Å². The van der Waals surface area contributed by atoms with Gasteiger partial charge < -0.3 is 5.11 Å². The summed E-state index contributed by atoms with van der Waals surface area (Å²) in [5.74, 6) is 0. The predicted molar refractivity (Wildman–Crippen MR) is 61.6 cm³/mol. The lowest BCUT2D eigenvalue weighted by Crippen LogP contribution is -2.35. The Morgan fingerprint density at radius 2 is 2.25 bits per heavy atom. The zero-order chi connectivity index (χ0) is 12.2. The molecule has 1 aromatic heterocycles. The average molecular weight is 219 g/mol. The number of likely N-dealkylation sites (N-methyl/N-ethyl adjacent to an activating group) is 1. The molecular weight excluding hydrogens is 202 g/mol. The number of nitriles is 1. The van der Waals surface area contributed by atoms with Crippen LogP contribution < -0.4 is 0 Å². The molecule has 0 spiro atoms. The largest absolute Gasteiger partial charge is 0.389 e. The first-order valence-corrected chi connectivity index (χ1v) is 5.17. The van der Waals surface area contributed by atoms with Crippen LogP contribution in [0.15, 0.2) is 18.3 Å². The Morgan fingerprint density at radius 1 is 1.56 bits per heavy atom. The molecule has 16 heavy (non-hydrogen) atoms. The molecule has 0 fully saturated rings. The minimum atomic E-state index is -0.708. The van der Waals surface area contributed by atoms with E-state index in [2.05, 4.69) is 4.98 Å². The first kappa shape index (κ1) is 12.6. The minimum Gasteiger partial charge on any atom is -0.389 e. The van der Waals surface area contributed by atoms with Crippen molar-refractivity contribution >= 4 is 0 Å². The van der Waals surface area contributed by atoms with Crippen molar-refractivity contribution in [2.45, 2.75) is 26.0 Å². The zero-order valence-electron chi connectivity index (χ0n) is 9.94. The van der Waals surface area contributed by atoms with Gasteiger partial charge in [-0.2, -0.15) is 5.26 Å². The number of nitrogens with zero attached hydrogens (tertiary/aromatic N) is 3. The second-order valence-corrected chi connectivity index (χ2v) is 4.65. The van der Waals surface area contributed by atoms with Crippen molar-refractivity contribution in [3.05, 3.63) is 29.6 Å². The third kappa shape index (κ3) is 4.39. The summed E-state index contributed by atoms with van der Waals surface area (Å²) in [4.78, 5) is 5.92. The predicted octanol–water partition coefficient (Wildman–Crippen LogP) is 1.16. The van der Waals surface area contributed by atoms with Crippen molar-refractivity contribution in [2.75, 3.05) is 13.6 Å². The average Bonchev–Trinajstić information content (AvgIpc) is 2.15. The van der Waals surface area contributed by atoms with Crippen LogP contribution in [-0.2, 0) is 6.54 Å². The molecule has 86 valence electrons. The van der Waals surface area contributed by atoms with E-state index in [4.69, 9.17) is 5.26 Å². The van der Waals surface area contributed by atoms with E-state index in [1.54, 1.807) is 26.1 Å². The molecule has 4 nitrogen and oxygen atoms in total. The number of hydrogen-bond acceptors (Lipinski definition) is 4. The number of rotatable bonds is 4. The van der Waals surface area contributed by atoms with Crippen LogP contribution in [0.3, 0.4) is 0 Å². The maximum Gasteiger partial charge on any atom is 0.140 e. The van der Waals surface area contributed by atoms with Crippen LogP contribution in [0, 0.1) is 11.3 Å². The van der Waals surface area contributed by atoms with Crippen LogP contribution in [0.1, 0.15) is 25.1 Å². The van der Waals surface area contributed by atoms with Gasteiger partial charge in [-0.05, 0) is 38.6 Å². The smallest absolute Gasteiger partial charge is 0.140 e. The molecule has 0 saturated carbocycles. The van der Waals surface area contributed by atoms with E-state index in [0.717, 1.165) is 5.56 Å². The highest BCUT2D eigenvalue weighted by molar-refractivity contribution is 5.25. The van der Waals surface area contributed by atoms with Gasteiger partial charge in [-0.25, -0.2) is 4.98 Å².